The highest BCUT2D eigenvalue weighted by atomic mass is 16.5. The fraction of sp³-hybridized carbons (Fsp3) is 0.516. The number of carboxylic acids is 1. The predicted molar refractivity (Wildman–Crippen MR) is 151 cm³/mol. The molecule has 0 aromatic heterocycles. The highest BCUT2D eigenvalue weighted by Crippen LogP contribution is 2.36. The van der Waals surface area contributed by atoms with Crippen LogP contribution in [-0.2, 0) is 16.1 Å². The topological polar surface area (TPSA) is 119 Å². The number of hydrogen-bond acceptors (Lipinski definition) is 6. The Morgan fingerprint density at radius 1 is 1.05 bits per heavy atom. The molecule has 1 spiro atoms. The molecule has 216 valence electrons. The van der Waals surface area contributed by atoms with Crippen LogP contribution < -0.4 is 10.1 Å². The van der Waals surface area contributed by atoms with E-state index in [-0.39, 0.29) is 17.4 Å². The highest BCUT2D eigenvalue weighted by molar-refractivity contribution is 6.00. The average molecular weight is 552 g/mol. The molecule has 4 rings (SSSR count). The van der Waals surface area contributed by atoms with Crippen molar-refractivity contribution in [2.75, 3.05) is 19.6 Å². The Kier molecular flexibility index (Phi) is 8.85. The zero-order valence-corrected chi connectivity index (χ0v) is 23.9. The number of nitrogens with one attached hydrogen (secondary N) is 1. The van der Waals surface area contributed by atoms with Crippen LogP contribution in [0.4, 0.5) is 0 Å². The van der Waals surface area contributed by atoms with Gasteiger partial charge in [-0.1, -0.05) is 46.2 Å². The van der Waals surface area contributed by atoms with Crippen LogP contribution in [0.15, 0.2) is 48.5 Å². The van der Waals surface area contributed by atoms with Gasteiger partial charge in [0.2, 0.25) is 11.8 Å². The molecule has 2 aromatic carbocycles. The summed E-state index contributed by atoms with van der Waals surface area (Å²) >= 11 is 0. The van der Waals surface area contributed by atoms with E-state index in [0.717, 1.165) is 18.4 Å². The zero-order valence-electron chi connectivity index (χ0n) is 23.9. The Labute approximate surface area is 236 Å². The molecule has 2 aliphatic heterocycles. The maximum Gasteiger partial charge on any atom is 0.335 e. The van der Waals surface area contributed by atoms with Gasteiger partial charge in [-0.15, -0.1) is 0 Å². The number of unbranched alkanes of at least 4 members (excludes halogenated alkanes) is 1. The first-order valence-corrected chi connectivity index (χ1v) is 14.1. The normalized spacial score (nSPS) is 20.3. The van der Waals surface area contributed by atoms with Crippen molar-refractivity contribution in [1.82, 2.24) is 15.1 Å². The third-order valence-corrected chi connectivity index (χ3v) is 8.05. The Morgan fingerprint density at radius 2 is 1.62 bits per heavy atom. The molecule has 9 heteroatoms. The van der Waals surface area contributed by atoms with Crippen molar-refractivity contribution in [3.8, 4) is 11.5 Å². The number of likely N-dealkylation sites (tertiary alicyclic amines) is 1. The molecule has 2 amide bonds. The van der Waals surface area contributed by atoms with Gasteiger partial charge in [-0.3, -0.25) is 14.5 Å². The smallest absolute Gasteiger partial charge is 0.335 e. The van der Waals surface area contributed by atoms with E-state index in [0.29, 0.717) is 50.5 Å². The van der Waals surface area contributed by atoms with Crippen molar-refractivity contribution >= 4 is 17.8 Å². The number of benzene rings is 2. The Bertz CT molecular complexity index is 1200. The van der Waals surface area contributed by atoms with E-state index in [1.165, 1.54) is 12.1 Å². The monoisotopic (exact) mass is 551 g/mol. The lowest BCUT2D eigenvalue weighted by Gasteiger charge is -2.53. The minimum absolute atomic E-state index is 0.158. The van der Waals surface area contributed by atoms with Crippen molar-refractivity contribution in [3.05, 3.63) is 59.7 Å². The number of ether oxygens (including phenoxy) is 1. The molecule has 2 saturated heterocycles. The van der Waals surface area contributed by atoms with Gasteiger partial charge in [-0.2, -0.15) is 0 Å². The average Bonchev–Trinajstić information content (AvgIpc) is 2.92. The summed E-state index contributed by atoms with van der Waals surface area (Å²) in [6.45, 7) is 10.2. The minimum atomic E-state index is -0.979. The van der Waals surface area contributed by atoms with Crippen LogP contribution >= 0.6 is 0 Å². The number of rotatable bonds is 9. The molecular formula is C31H41N3O6. The second kappa shape index (κ2) is 12.0. The third kappa shape index (κ3) is 6.31. The number of aromatic carboxylic acids is 1. The van der Waals surface area contributed by atoms with Gasteiger partial charge in [0.05, 0.1) is 11.7 Å². The summed E-state index contributed by atoms with van der Waals surface area (Å²) in [5, 5.41) is 22.8. The fourth-order valence-corrected chi connectivity index (χ4v) is 5.49. The lowest BCUT2D eigenvalue weighted by molar-refractivity contribution is -0.166. The van der Waals surface area contributed by atoms with Crippen LogP contribution in [-0.4, -0.2) is 75.1 Å². The van der Waals surface area contributed by atoms with Gasteiger partial charge < -0.3 is 25.2 Å². The van der Waals surface area contributed by atoms with E-state index in [9.17, 15) is 19.5 Å². The third-order valence-electron chi connectivity index (χ3n) is 8.05. The number of amides is 2. The van der Waals surface area contributed by atoms with E-state index in [2.05, 4.69) is 17.1 Å². The van der Waals surface area contributed by atoms with Crippen molar-refractivity contribution in [2.24, 2.45) is 5.41 Å². The molecule has 3 N–H and O–H groups in total. The Morgan fingerprint density at radius 3 is 2.15 bits per heavy atom. The summed E-state index contributed by atoms with van der Waals surface area (Å²) in [5.74, 6) is -0.108. The number of aliphatic hydroxyl groups is 1. The Hall–Kier alpha value is -3.43. The number of piperazine rings is 1. The van der Waals surface area contributed by atoms with E-state index in [1.807, 2.05) is 45.0 Å². The van der Waals surface area contributed by atoms with Gasteiger partial charge in [-0.05, 0) is 66.6 Å². The van der Waals surface area contributed by atoms with Crippen LogP contribution in [0.2, 0.25) is 0 Å². The lowest BCUT2D eigenvalue weighted by Crippen LogP contribution is -2.75. The summed E-state index contributed by atoms with van der Waals surface area (Å²) in [4.78, 5) is 42.3. The number of nitrogens with zero attached hydrogens (tertiary/aromatic N) is 2. The molecule has 2 heterocycles. The standard InChI is InChI=1S/C31H41N3O6/c1-5-6-17-34-27(36)25(26(35)30(2,3)4)32-29(39)31(34)15-18-33(19-16-31)20-21-7-11-23(12-8-21)40-24-13-9-22(10-14-24)28(37)38/h7-14,25-26,35H,5-6,15-20H2,1-4H3,(H,32,39)(H,37,38)/t25-,26+/m1/s1. The lowest BCUT2D eigenvalue weighted by atomic mass is 9.78. The molecule has 0 radical (unpaired) electrons. The first-order valence-electron chi connectivity index (χ1n) is 14.1. The molecule has 0 bridgehead atoms. The number of carbonyl (C=O) groups excluding carboxylic acids is 2. The van der Waals surface area contributed by atoms with Crippen molar-refractivity contribution < 1.29 is 29.3 Å². The summed E-state index contributed by atoms with van der Waals surface area (Å²) in [7, 11) is 0. The number of hydrogen-bond donors (Lipinski definition) is 3. The largest absolute Gasteiger partial charge is 0.478 e. The first kappa shape index (κ1) is 29.6. The second-order valence-electron chi connectivity index (χ2n) is 12.0. The first-order chi connectivity index (χ1) is 18.9. The van der Waals surface area contributed by atoms with Crippen molar-refractivity contribution in [2.45, 2.75) is 77.6 Å². The molecule has 2 aliphatic rings. The molecule has 0 saturated carbocycles. The maximum absolute atomic E-state index is 13.6. The molecule has 40 heavy (non-hydrogen) atoms. The van der Waals surface area contributed by atoms with Crippen LogP contribution in [0, 0.1) is 5.41 Å². The number of piperidine rings is 1. The summed E-state index contributed by atoms with van der Waals surface area (Å²) in [5.41, 5.74) is -0.115. The van der Waals surface area contributed by atoms with Gasteiger partial charge in [0.25, 0.3) is 0 Å². The highest BCUT2D eigenvalue weighted by Gasteiger charge is 2.55. The van der Waals surface area contributed by atoms with E-state index in [1.54, 1.807) is 17.0 Å². The van der Waals surface area contributed by atoms with E-state index in [4.69, 9.17) is 9.84 Å². The van der Waals surface area contributed by atoms with Crippen LogP contribution in [0.3, 0.4) is 0 Å². The van der Waals surface area contributed by atoms with E-state index >= 15 is 0 Å². The summed E-state index contributed by atoms with van der Waals surface area (Å²) in [6.07, 6.45) is 1.83. The Balaban J connectivity index is 1.39. The van der Waals surface area contributed by atoms with E-state index < -0.39 is 29.1 Å². The molecule has 9 nitrogen and oxygen atoms in total. The van der Waals surface area contributed by atoms with Gasteiger partial charge in [-0.25, -0.2) is 4.79 Å². The van der Waals surface area contributed by atoms with Gasteiger partial charge in [0.15, 0.2) is 0 Å². The zero-order chi connectivity index (χ0) is 29.1. The minimum Gasteiger partial charge on any atom is -0.478 e. The predicted octanol–water partition coefficient (Wildman–Crippen LogP) is 4.05. The van der Waals surface area contributed by atoms with Crippen molar-refractivity contribution in [3.63, 3.8) is 0 Å². The molecule has 2 atom stereocenters. The fourth-order valence-electron chi connectivity index (χ4n) is 5.49. The quantitative estimate of drug-likeness (QED) is 0.430. The van der Waals surface area contributed by atoms with Gasteiger partial charge in [0.1, 0.15) is 23.1 Å². The van der Waals surface area contributed by atoms with Crippen LogP contribution in [0.5, 0.6) is 11.5 Å². The molecule has 0 unspecified atom stereocenters. The summed E-state index contributed by atoms with van der Waals surface area (Å²) < 4.78 is 5.84. The van der Waals surface area contributed by atoms with Crippen LogP contribution in [0.1, 0.15) is 69.3 Å². The number of aliphatic hydroxyl groups excluding tert-OH is 1. The van der Waals surface area contributed by atoms with Crippen LogP contribution in [0.25, 0.3) is 0 Å². The van der Waals surface area contributed by atoms with Gasteiger partial charge in [0, 0.05) is 26.2 Å². The number of carboxylic acid groups (broad SMARTS) is 1. The summed E-state index contributed by atoms with van der Waals surface area (Å²) in [6, 6.07) is 13.1. The second-order valence-corrected chi connectivity index (χ2v) is 12.0. The maximum atomic E-state index is 13.6. The SMILES string of the molecule is CCCCN1C(=O)[C@@H]([C@H](O)C(C)(C)C)NC(=O)C12CCN(Cc1ccc(Oc3ccc(C(=O)O)cc3)cc1)CC2. The molecule has 2 aromatic rings. The molecule has 0 aliphatic carbocycles. The molecular weight excluding hydrogens is 510 g/mol. The molecule has 2 fully saturated rings. The number of carbonyl (C=O) groups is 3. The van der Waals surface area contributed by atoms with Crippen molar-refractivity contribution in [1.29, 1.82) is 0 Å². The van der Waals surface area contributed by atoms with Gasteiger partial charge >= 0.3 is 5.97 Å².